The zero-order valence-electron chi connectivity index (χ0n) is 12.6. The first-order chi connectivity index (χ1) is 9.86. The Morgan fingerprint density at radius 3 is 2.90 bits per heavy atom. The summed E-state index contributed by atoms with van der Waals surface area (Å²) < 4.78 is 0. The van der Waals surface area contributed by atoms with Crippen LogP contribution in [0.2, 0.25) is 0 Å². The Hall–Kier alpha value is -1.09. The minimum atomic E-state index is 0.821. The van der Waals surface area contributed by atoms with E-state index in [9.17, 15) is 0 Å². The number of aromatic nitrogens is 1. The number of nitrogens with zero attached hydrogens (tertiary/aromatic N) is 2. The van der Waals surface area contributed by atoms with Crippen LogP contribution in [0.5, 0.6) is 0 Å². The molecule has 2 aliphatic rings. The summed E-state index contributed by atoms with van der Waals surface area (Å²) in [5.74, 6) is 0.953. The molecule has 2 fully saturated rings. The average Bonchev–Trinajstić information content (AvgIpc) is 3.10. The second-order valence-electron chi connectivity index (χ2n) is 6.29. The first-order valence-electron chi connectivity index (χ1n) is 8.29. The lowest BCUT2D eigenvalue weighted by Gasteiger charge is -2.29. The van der Waals surface area contributed by atoms with Gasteiger partial charge in [0.15, 0.2) is 0 Å². The molecule has 1 aromatic rings. The van der Waals surface area contributed by atoms with Crippen molar-refractivity contribution in [2.24, 2.45) is 5.92 Å². The van der Waals surface area contributed by atoms with Crippen molar-refractivity contribution < 1.29 is 0 Å². The van der Waals surface area contributed by atoms with E-state index in [4.69, 9.17) is 0 Å². The summed E-state index contributed by atoms with van der Waals surface area (Å²) in [6, 6.07) is 5.10. The van der Waals surface area contributed by atoms with Gasteiger partial charge in [-0.15, -0.1) is 0 Å². The molecule has 3 nitrogen and oxygen atoms in total. The van der Waals surface area contributed by atoms with Crippen LogP contribution in [0.15, 0.2) is 18.3 Å². The average molecular weight is 273 g/mol. The van der Waals surface area contributed by atoms with Crippen LogP contribution >= 0.6 is 0 Å². The molecule has 0 amide bonds. The van der Waals surface area contributed by atoms with E-state index >= 15 is 0 Å². The van der Waals surface area contributed by atoms with E-state index in [0.717, 1.165) is 25.0 Å². The van der Waals surface area contributed by atoms with Crippen LogP contribution in [0, 0.1) is 5.92 Å². The summed E-state index contributed by atoms with van der Waals surface area (Å²) in [4.78, 5) is 7.25. The van der Waals surface area contributed by atoms with Crippen molar-refractivity contribution in [1.82, 2.24) is 9.88 Å². The number of pyridine rings is 1. The van der Waals surface area contributed by atoms with Crippen molar-refractivity contribution in [2.75, 3.05) is 18.4 Å². The second kappa shape index (κ2) is 6.57. The summed E-state index contributed by atoms with van der Waals surface area (Å²) in [5, 5.41) is 3.38. The molecule has 0 spiro atoms. The molecular formula is C17H27N3. The predicted octanol–water partition coefficient (Wildman–Crippen LogP) is 3.67. The number of hydrogen-bond donors (Lipinski definition) is 1. The molecule has 1 saturated heterocycles. The Balaban J connectivity index is 1.65. The molecule has 1 N–H and O–H groups in total. The van der Waals surface area contributed by atoms with Gasteiger partial charge >= 0.3 is 0 Å². The van der Waals surface area contributed by atoms with Gasteiger partial charge in [-0.3, -0.25) is 9.88 Å². The Morgan fingerprint density at radius 1 is 1.25 bits per heavy atom. The number of anilines is 1. The molecule has 1 aliphatic heterocycles. The van der Waals surface area contributed by atoms with Crippen LogP contribution in [0.25, 0.3) is 0 Å². The van der Waals surface area contributed by atoms with Crippen LogP contribution < -0.4 is 5.32 Å². The Kier molecular flexibility index (Phi) is 4.56. The maximum atomic E-state index is 4.56. The smallest absolute Gasteiger partial charge is 0.0564 e. The van der Waals surface area contributed by atoms with E-state index in [-0.39, 0.29) is 0 Å². The van der Waals surface area contributed by atoms with Gasteiger partial charge in [0, 0.05) is 31.0 Å². The summed E-state index contributed by atoms with van der Waals surface area (Å²) in [5.41, 5.74) is 2.42. The van der Waals surface area contributed by atoms with Gasteiger partial charge in [-0.25, -0.2) is 0 Å². The Labute approximate surface area is 122 Å². The topological polar surface area (TPSA) is 28.2 Å². The minimum Gasteiger partial charge on any atom is -0.385 e. The standard InChI is InChI=1S/C17H27N3/c1-2-18-15-9-10-19-16(12-15)13-20-11-5-8-17(20)14-6-3-4-7-14/h9-10,12,14,17H,2-8,11,13H2,1H3,(H,18,19). The van der Waals surface area contributed by atoms with Crippen LogP contribution in [0.3, 0.4) is 0 Å². The summed E-state index contributed by atoms with van der Waals surface area (Å²) >= 11 is 0. The monoisotopic (exact) mass is 273 g/mol. The van der Waals surface area contributed by atoms with Crippen LogP contribution in [0.1, 0.15) is 51.1 Å². The van der Waals surface area contributed by atoms with Crippen molar-refractivity contribution in [1.29, 1.82) is 0 Å². The molecule has 3 rings (SSSR count). The molecule has 2 heterocycles. The Bertz CT molecular complexity index is 426. The molecule has 0 radical (unpaired) electrons. The quantitative estimate of drug-likeness (QED) is 0.887. The highest BCUT2D eigenvalue weighted by atomic mass is 15.2. The molecule has 20 heavy (non-hydrogen) atoms. The zero-order valence-corrected chi connectivity index (χ0v) is 12.6. The van der Waals surface area contributed by atoms with Crippen molar-refractivity contribution >= 4 is 5.69 Å². The molecule has 0 aromatic carbocycles. The fourth-order valence-electron chi connectivity index (χ4n) is 4.01. The number of rotatable bonds is 5. The molecule has 1 aliphatic carbocycles. The third-order valence-electron chi connectivity index (χ3n) is 4.92. The van der Waals surface area contributed by atoms with Crippen LogP contribution in [0.4, 0.5) is 5.69 Å². The van der Waals surface area contributed by atoms with Crippen LogP contribution in [-0.4, -0.2) is 29.0 Å². The number of hydrogen-bond acceptors (Lipinski definition) is 3. The van der Waals surface area contributed by atoms with E-state index in [1.54, 1.807) is 0 Å². The van der Waals surface area contributed by atoms with Crippen molar-refractivity contribution in [3.05, 3.63) is 24.0 Å². The van der Waals surface area contributed by atoms with E-state index in [0.29, 0.717) is 0 Å². The maximum absolute atomic E-state index is 4.56. The van der Waals surface area contributed by atoms with Gasteiger partial charge in [0.25, 0.3) is 0 Å². The molecule has 1 unspecified atom stereocenters. The van der Waals surface area contributed by atoms with Gasteiger partial charge < -0.3 is 5.32 Å². The van der Waals surface area contributed by atoms with Gasteiger partial charge in [-0.1, -0.05) is 12.8 Å². The van der Waals surface area contributed by atoms with Gasteiger partial charge in [0.2, 0.25) is 0 Å². The minimum absolute atomic E-state index is 0.821. The molecule has 110 valence electrons. The van der Waals surface area contributed by atoms with Crippen molar-refractivity contribution in [3.8, 4) is 0 Å². The molecule has 1 saturated carbocycles. The predicted molar refractivity (Wildman–Crippen MR) is 83.8 cm³/mol. The first-order valence-corrected chi connectivity index (χ1v) is 8.29. The maximum Gasteiger partial charge on any atom is 0.0564 e. The normalized spacial score (nSPS) is 24.4. The van der Waals surface area contributed by atoms with Gasteiger partial charge in [-0.05, 0) is 57.2 Å². The third-order valence-corrected chi connectivity index (χ3v) is 4.92. The summed E-state index contributed by atoms with van der Waals surface area (Å²) in [6.07, 6.45) is 10.5. The summed E-state index contributed by atoms with van der Waals surface area (Å²) in [6.45, 7) is 5.39. The lowest BCUT2D eigenvalue weighted by atomic mass is 9.96. The first kappa shape index (κ1) is 13.9. The second-order valence-corrected chi connectivity index (χ2v) is 6.29. The lowest BCUT2D eigenvalue weighted by Crippen LogP contribution is -2.34. The zero-order chi connectivity index (χ0) is 13.8. The van der Waals surface area contributed by atoms with E-state index in [1.165, 1.54) is 56.5 Å². The van der Waals surface area contributed by atoms with Gasteiger partial charge in [-0.2, -0.15) is 0 Å². The third kappa shape index (κ3) is 3.14. The van der Waals surface area contributed by atoms with Gasteiger partial charge in [0.05, 0.1) is 5.69 Å². The van der Waals surface area contributed by atoms with E-state index in [1.807, 2.05) is 6.20 Å². The van der Waals surface area contributed by atoms with Crippen molar-refractivity contribution in [2.45, 2.75) is 58.0 Å². The molecule has 1 aromatic heterocycles. The fraction of sp³-hybridized carbons (Fsp3) is 0.706. The van der Waals surface area contributed by atoms with Gasteiger partial charge in [0.1, 0.15) is 0 Å². The molecule has 0 bridgehead atoms. The highest BCUT2D eigenvalue weighted by Crippen LogP contribution is 2.35. The highest BCUT2D eigenvalue weighted by molar-refractivity contribution is 5.42. The van der Waals surface area contributed by atoms with E-state index in [2.05, 4.69) is 34.3 Å². The van der Waals surface area contributed by atoms with Crippen molar-refractivity contribution in [3.63, 3.8) is 0 Å². The number of nitrogens with one attached hydrogen (secondary N) is 1. The SMILES string of the molecule is CCNc1ccnc(CN2CCCC2C2CCCC2)c1. The number of likely N-dealkylation sites (tertiary alicyclic amines) is 1. The molecule has 1 atom stereocenters. The summed E-state index contributed by atoms with van der Waals surface area (Å²) in [7, 11) is 0. The van der Waals surface area contributed by atoms with Crippen LogP contribution in [-0.2, 0) is 6.54 Å². The largest absolute Gasteiger partial charge is 0.385 e. The van der Waals surface area contributed by atoms with E-state index < -0.39 is 0 Å². The lowest BCUT2D eigenvalue weighted by molar-refractivity contribution is 0.181. The highest BCUT2D eigenvalue weighted by Gasteiger charge is 2.33. The molecule has 3 heteroatoms. The fourth-order valence-corrected chi connectivity index (χ4v) is 4.01. The molecular weight excluding hydrogens is 246 g/mol. The Morgan fingerprint density at radius 2 is 2.10 bits per heavy atom.